The fourth-order valence-electron chi connectivity index (χ4n) is 4.69. The monoisotopic (exact) mass is 436 g/mol. The van der Waals surface area contributed by atoms with Crippen molar-refractivity contribution in [2.24, 2.45) is 5.92 Å². The highest BCUT2D eigenvalue weighted by molar-refractivity contribution is 5.80. The summed E-state index contributed by atoms with van der Waals surface area (Å²) in [6.07, 6.45) is 0.814. The first-order valence-corrected chi connectivity index (χ1v) is 11.1. The number of piperidine rings is 1. The molecule has 2 amide bonds. The SMILES string of the molecule is CC(CC(=O)N1CCC[C@H](C(=O)O)C1)NC(=O)OCC1c2ccccc2-c2ccccc21. The second-order valence-corrected chi connectivity index (χ2v) is 8.59. The lowest BCUT2D eigenvalue weighted by Crippen LogP contribution is -2.45. The largest absolute Gasteiger partial charge is 0.481 e. The van der Waals surface area contributed by atoms with Gasteiger partial charge in [0, 0.05) is 31.5 Å². The number of hydrogen-bond donors (Lipinski definition) is 2. The Kier molecular flexibility index (Phi) is 6.44. The zero-order valence-corrected chi connectivity index (χ0v) is 18.1. The van der Waals surface area contributed by atoms with E-state index in [0.29, 0.717) is 19.4 Å². The topological polar surface area (TPSA) is 95.9 Å². The molecule has 2 aromatic carbocycles. The van der Waals surface area contributed by atoms with E-state index in [-0.39, 0.29) is 31.4 Å². The Morgan fingerprint density at radius 1 is 1.09 bits per heavy atom. The van der Waals surface area contributed by atoms with Gasteiger partial charge in [0.15, 0.2) is 0 Å². The number of hydrogen-bond acceptors (Lipinski definition) is 4. The molecule has 1 fully saturated rings. The molecule has 1 unspecified atom stereocenters. The predicted molar refractivity (Wildman–Crippen MR) is 119 cm³/mol. The van der Waals surface area contributed by atoms with Gasteiger partial charge in [-0.3, -0.25) is 9.59 Å². The van der Waals surface area contributed by atoms with Crippen molar-refractivity contribution in [1.82, 2.24) is 10.2 Å². The van der Waals surface area contributed by atoms with Gasteiger partial charge in [-0.05, 0) is 42.0 Å². The highest BCUT2D eigenvalue weighted by Gasteiger charge is 2.30. The van der Waals surface area contributed by atoms with E-state index in [0.717, 1.165) is 22.3 Å². The van der Waals surface area contributed by atoms with Crippen LogP contribution in [0.5, 0.6) is 0 Å². The molecule has 7 heteroatoms. The fourth-order valence-corrected chi connectivity index (χ4v) is 4.69. The summed E-state index contributed by atoms with van der Waals surface area (Å²) >= 11 is 0. The number of amides is 2. The van der Waals surface area contributed by atoms with E-state index in [1.54, 1.807) is 11.8 Å². The number of carbonyl (C=O) groups is 3. The maximum atomic E-state index is 12.5. The lowest BCUT2D eigenvalue weighted by Gasteiger charge is -2.31. The van der Waals surface area contributed by atoms with E-state index < -0.39 is 24.0 Å². The number of carboxylic acid groups (broad SMARTS) is 1. The van der Waals surface area contributed by atoms with E-state index in [1.807, 2.05) is 24.3 Å². The maximum Gasteiger partial charge on any atom is 0.407 e. The molecule has 1 aliphatic heterocycles. The number of carbonyl (C=O) groups excluding carboxylic acids is 2. The van der Waals surface area contributed by atoms with Crippen LogP contribution in [0.4, 0.5) is 4.79 Å². The molecular formula is C25H28N2O5. The first-order valence-electron chi connectivity index (χ1n) is 11.1. The van der Waals surface area contributed by atoms with Crippen LogP contribution in [0.2, 0.25) is 0 Å². The first kappa shape index (κ1) is 21.9. The second-order valence-electron chi connectivity index (χ2n) is 8.59. The van der Waals surface area contributed by atoms with Crippen molar-refractivity contribution in [3.05, 3.63) is 59.7 Å². The van der Waals surface area contributed by atoms with Crippen molar-refractivity contribution in [2.45, 2.75) is 38.1 Å². The minimum atomic E-state index is -0.868. The number of aliphatic carboxylic acids is 1. The van der Waals surface area contributed by atoms with E-state index in [9.17, 15) is 19.5 Å². The molecule has 0 aromatic heterocycles. The van der Waals surface area contributed by atoms with E-state index in [1.165, 1.54) is 0 Å². The zero-order chi connectivity index (χ0) is 22.7. The summed E-state index contributed by atoms with van der Waals surface area (Å²) in [4.78, 5) is 37.7. The number of fused-ring (bicyclic) bond motifs is 3. The predicted octanol–water partition coefficient (Wildman–Crippen LogP) is 3.63. The molecule has 2 N–H and O–H groups in total. The van der Waals surface area contributed by atoms with E-state index in [4.69, 9.17) is 4.74 Å². The Morgan fingerprint density at radius 2 is 1.72 bits per heavy atom. The Labute approximate surface area is 187 Å². The molecule has 7 nitrogen and oxygen atoms in total. The van der Waals surface area contributed by atoms with Crippen molar-refractivity contribution >= 4 is 18.0 Å². The zero-order valence-electron chi connectivity index (χ0n) is 18.1. The second kappa shape index (κ2) is 9.42. The van der Waals surface area contributed by atoms with Crippen molar-refractivity contribution in [2.75, 3.05) is 19.7 Å². The molecule has 32 heavy (non-hydrogen) atoms. The van der Waals surface area contributed by atoms with Crippen LogP contribution in [0.1, 0.15) is 43.2 Å². The van der Waals surface area contributed by atoms with Gasteiger partial charge in [-0.1, -0.05) is 48.5 Å². The van der Waals surface area contributed by atoms with Crippen LogP contribution >= 0.6 is 0 Å². The Balaban J connectivity index is 1.30. The third-order valence-electron chi connectivity index (χ3n) is 6.31. The number of ether oxygens (including phenoxy) is 1. The molecule has 0 bridgehead atoms. The van der Waals surface area contributed by atoms with Crippen LogP contribution in [-0.2, 0) is 14.3 Å². The summed E-state index contributed by atoms with van der Waals surface area (Å²) in [5.74, 6) is -1.56. The summed E-state index contributed by atoms with van der Waals surface area (Å²) in [5, 5.41) is 11.9. The lowest BCUT2D eigenvalue weighted by atomic mass is 9.98. The molecule has 168 valence electrons. The van der Waals surface area contributed by atoms with Gasteiger partial charge < -0.3 is 20.1 Å². The van der Waals surface area contributed by atoms with Gasteiger partial charge in [0.2, 0.25) is 5.91 Å². The highest BCUT2D eigenvalue weighted by Crippen LogP contribution is 2.44. The van der Waals surface area contributed by atoms with Gasteiger partial charge in [-0.15, -0.1) is 0 Å². The standard InChI is InChI=1S/C25H28N2O5/c1-16(13-23(28)27-12-6-7-17(14-27)24(29)30)26-25(31)32-15-22-20-10-4-2-8-18(20)19-9-3-5-11-21(19)22/h2-5,8-11,16-17,22H,6-7,12-15H2,1H3,(H,26,31)(H,29,30)/t16?,17-/m0/s1. The molecule has 2 aliphatic rings. The third kappa shape index (κ3) is 4.61. The van der Waals surface area contributed by atoms with Gasteiger partial charge in [0.25, 0.3) is 0 Å². The van der Waals surface area contributed by atoms with Crippen LogP contribution in [-0.4, -0.2) is 53.7 Å². The highest BCUT2D eigenvalue weighted by atomic mass is 16.5. The van der Waals surface area contributed by atoms with Crippen LogP contribution in [0.25, 0.3) is 11.1 Å². The molecule has 2 aromatic rings. The van der Waals surface area contributed by atoms with Crippen LogP contribution in [0.15, 0.2) is 48.5 Å². The summed E-state index contributed by atoms with van der Waals surface area (Å²) in [6.45, 7) is 2.75. The number of alkyl carbamates (subject to hydrolysis) is 1. The quantitative estimate of drug-likeness (QED) is 0.721. The summed E-state index contributed by atoms with van der Waals surface area (Å²) in [6, 6.07) is 15.9. The van der Waals surface area contributed by atoms with Crippen LogP contribution in [0.3, 0.4) is 0 Å². The Morgan fingerprint density at radius 3 is 2.34 bits per heavy atom. The number of rotatable bonds is 6. The molecule has 1 saturated heterocycles. The average molecular weight is 437 g/mol. The van der Waals surface area contributed by atoms with Gasteiger partial charge >= 0.3 is 12.1 Å². The lowest BCUT2D eigenvalue weighted by molar-refractivity contribution is -0.145. The molecule has 1 heterocycles. The van der Waals surface area contributed by atoms with Crippen molar-refractivity contribution in [3.8, 4) is 11.1 Å². The van der Waals surface area contributed by atoms with Gasteiger partial charge in [0.05, 0.1) is 5.92 Å². The van der Waals surface area contributed by atoms with Crippen LogP contribution in [0, 0.1) is 5.92 Å². The maximum absolute atomic E-state index is 12.5. The molecule has 2 atom stereocenters. The van der Waals surface area contributed by atoms with Gasteiger partial charge in [-0.25, -0.2) is 4.79 Å². The Bertz CT molecular complexity index is 975. The summed E-state index contributed by atoms with van der Waals surface area (Å²) in [5.41, 5.74) is 4.61. The fraction of sp³-hybridized carbons (Fsp3) is 0.400. The number of nitrogens with zero attached hydrogens (tertiary/aromatic N) is 1. The van der Waals surface area contributed by atoms with Gasteiger partial charge in [0.1, 0.15) is 6.61 Å². The third-order valence-corrected chi connectivity index (χ3v) is 6.31. The molecular weight excluding hydrogens is 408 g/mol. The van der Waals surface area contributed by atoms with Crippen molar-refractivity contribution in [3.63, 3.8) is 0 Å². The summed E-state index contributed by atoms with van der Waals surface area (Å²) in [7, 11) is 0. The minimum absolute atomic E-state index is 0.0219. The molecule has 0 spiro atoms. The summed E-state index contributed by atoms with van der Waals surface area (Å²) < 4.78 is 5.53. The number of benzene rings is 2. The van der Waals surface area contributed by atoms with Crippen molar-refractivity contribution in [1.29, 1.82) is 0 Å². The van der Waals surface area contributed by atoms with E-state index in [2.05, 4.69) is 29.6 Å². The number of likely N-dealkylation sites (tertiary alicyclic amines) is 1. The first-order chi connectivity index (χ1) is 15.4. The molecule has 0 saturated carbocycles. The van der Waals surface area contributed by atoms with Gasteiger partial charge in [-0.2, -0.15) is 0 Å². The normalized spacial score (nSPS) is 18.4. The minimum Gasteiger partial charge on any atom is -0.481 e. The van der Waals surface area contributed by atoms with Crippen molar-refractivity contribution < 1.29 is 24.2 Å². The molecule has 1 aliphatic carbocycles. The van der Waals surface area contributed by atoms with Crippen LogP contribution < -0.4 is 5.32 Å². The average Bonchev–Trinajstić information content (AvgIpc) is 3.11. The number of nitrogens with one attached hydrogen (secondary N) is 1. The molecule has 0 radical (unpaired) electrons. The molecule has 4 rings (SSSR count). The smallest absolute Gasteiger partial charge is 0.407 e. The number of carboxylic acids is 1. The van der Waals surface area contributed by atoms with E-state index >= 15 is 0 Å². The Hall–Kier alpha value is -3.35.